The van der Waals surface area contributed by atoms with Gasteiger partial charge in [0.1, 0.15) is 12.1 Å². The topological polar surface area (TPSA) is 174 Å². The molecule has 0 saturated carbocycles. The lowest BCUT2D eigenvalue weighted by molar-refractivity contribution is -0.387. The molecule has 1 aromatic carbocycles. The molecule has 2 amide bonds. The first-order chi connectivity index (χ1) is 16.2. The van der Waals surface area contributed by atoms with Crippen LogP contribution in [0, 0.1) is 22.0 Å². The monoisotopic (exact) mass is 512 g/mol. The molecule has 13 heteroatoms. The number of para-hydroxylation sites is 1. The van der Waals surface area contributed by atoms with Gasteiger partial charge in [-0.05, 0) is 25.8 Å². The molecule has 0 aliphatic carbocycles. The molecule has 4 atom stereocenters. The zero-order chi connectivity index (χ0) is 26.9. The van der Waals surface area contributed by atoms with Gasteiger partial charge in [0.05, 0.1) is 18.0 Å². The fourth-order valence-electron chi connectivity index (χ4n) is 2.92. The van der Waals surface area contributed by atoms with Crippen LogP contribution in [-0.2, 0) is 29.1 Å². The van der Waals surface area contributed by atoms with Gasteiger partial charge in [-0.3, -0.25) is 19.7 Å². The average molecular weight is 513 g/mol. The second-order valence-corrected chi connectivity index (χ2v) is 9.97. The summed E-state index contributed by atoms with van der Waals surface area (Å²) in [5, 5.41) is 16.2. The summed E-state index contributed by atoms with van der Waals surface area (Å²) in [6.45, 7) is 7.99. The van der Waals surface area contributed by atoms with Crippen LogP contribution in [0.3, 0.4) is 0 Å². The first-order valence-electron chi connectivity index (χ1n) is 10.8. The summed E-state index contributed by atoms with van der Waals surface area (Å²) >= 11 is 0. The molecule has 0 bridgehead atoms. The molecule has 0 radical (unpaired) electrons. The molecule has 0 fully saturated rings. The van der Waals surface area contributed by atoms with Crippen LogP contribution in [0.5, 0.6) is 0 Å². The molecule has 0 spiro atoms. The zero-order valence-corrected chi connectivity index (χ0v) is 21.3. The Kier molecular flexibility index (Phi) is 11.0. The molecule has 1 aromatic rings. The number of hydrogen-bond donors (Lipinski definition) is 3. The highest BCUT2D eigenvalue weighted by Gasteiger charge is 2.28. The Bertz CT molecular complexity index is 1070. The fraction of sp³-hybridized carbons (Fsp3) is 0.500. The number of methoxy groups -OCH3 is 1. The smallest absolute Gasteiger partial charge is 0.328 e. The van der Waals surface area contributed by atoms with Crippen molar-refractivity contribution in [1.82, 2.24) is 15.4 Å². The van der Waals surface area contributed by atoms with Crippen molar-refractivity contribution in [1.29, 1.82) is 0 Å². The maximum atomic E-state index is 12.6. The maximum Gasteiger partial charge on any atom is 0.328 e. The van der Waals surface area contributed by atoms with Crippen LogP contribution in [0.1, 0.15) is 34.6 Å². The first-order valence-corrected chi connectivity index (χ1v) is 12.3. The van der Waals surface area contributed by atoms with E-state index in [4.69, 9.17) is 0 Å². The van der Waals surface area contributed by atoms with Gasteiger partial charge >= 0.3 is 5.97 Å². The molecule has 194 valence electrons. The first kappa shape index (κ1) is 29.7. The van der Waals surface area contributed by atoms with E-state index in [0.717, 1.165) is 12.1 Å². The second kappa shape index (κ2) is 13.0. The lowest BCUT2D eigenvalue weighted by atomic mass is 10.0. The Morgan fingerprint density at radius 2 is 1.60 bits per heavy atom. The summed E-state index contributed by atoms with van der Waals surface area (Å²) in [7, 11) is -2.98. The van der Waals surface area contributed by atoms with Crippen molar-refractivity contribution in [3.63, 3.8) is 0 Å². The number of esters is 1. The van der Waals surface area contributed by atoms with Crippen LogP contribution >= 0.6 is 0 Å². The van der Waals surface area contributed by atoms with Gasteiger partial charge in [0.2, 0.25) is 21.8 Å². The molecule has 0 saturated heterocycles. The van der Waals surface area contributed by atoms with Crippen molar-refractivity contribution < 1.29 is 32.5 Å². The van der Waals surface area contributed by atoms with Crippen LogP contribution in [0.15, 0.2) is 41.3 Å². The van der Waals surface area contributed by atoms with E-state index in [2.05, 4.69) is 20.1 Å². The van der Waals surface area contributed by atoms with E-state index < -0.39 is 67.4 Å². The Hall–Kier alpha value is -3.32. The lowest BCUT2D eigenvalue weighted by Gasteiger charge is -2.23. The third-order valence-electron chi connectivity index (χ3n) is 4.97. The van der Waals surface area contributed by atoms with E-state index in [1.165, 1.54) is 45.2 Å². The summed E-state index contributed by atoms with van der Waals surface area (Å²) in [6, 6.07) is 2.36. The highest BCUT2D eigenvalue weighted by Crippen LogP contribution is 2.23. The van der Waals surface area contributed by atoms with Crippen molar-refractivity contribution in [2.75, 3.05) is 7.11 Å². The third kappa shape index (κ3) is 8.76. The molecule has 1 rings (SSSR count). The van der Waals surface area contributed by atoms with Crippen molar-refractivity contribution >= 4 is 33.5 Å². The van der Waals surface area contributed by atoms with E-state index in [1.54, 1.807) is 20.8 Å². The predicted octanol–water partition coefficient (Wildman–Crippen LogP) is 1.27. The number of carbonyl (C=O) groups is 3. The quantitative estimate of drug-likeness (QED) is 0.162. The summed E-state index contributed by atoms with van der Waals surface area (Å²) in [4.78, 5) is 46.5. The van der Waals surface area contributed by atoms with Crippen molar-refractivity contribution in [2.45, 2.75) is 57.6 Å². The SMILES string of the molecule is COC(=O)[C@@H](NC(=O)[C@H](C)NC(=O)[C@H](C)/C=C/[C@H](C)NS(=O)(=O)c1ccccc1[N+](=O)[O-])C(C)C. The van der Waals surface area contributed by atoms with Crippen LogP contribution < -0.4 is 15.4 Å². The Morgan fingerprint density at radius 1 is 1.00 bits per heavy atom. The summed E-state index contributed by atoms with van der Waals surface area (Å²) in [6.07, 6.45) is 2.87. The summed E-state index contributed by atoms with van der Waals surface area (Å²) in [5.41, 5.74) is -0.553. The third-order valence-corrected chi connectivity index (χ3v) is 6.57. The standard InChI is InChI=1S/C22H32N4O8S/c1-13(2)19(22(29)34-6)24-21(28)16(5)23-20(27)14(3)11-12-15(4)25-35(32,33)18-10-8-7-9-17(18)26(30)31/h7-16,19,25H,1-6H3,(H,23,27)(H,24,28)/b12-11+/t14-,15+,16+,19+/m1/s1. The molecule has 0 heterocycles. The molecule has 3 N–H and O–H groups in total. The number of amides is 2. The maximum absolute atomic E-state index is 12.6. The molecule has 12 nitrogen and oxygen atoms in total. The molecule has 0 aliphatic heterocycles. The van der Waals surface area contributed by atoms with Crippen LogP contribution in [0.25, 0.3) is 0 Å². The molecule has 0 aromatic heterocycles. The Morgan fingerprint density at radius 3 is 2.14 bits per heavy atom. The fourth-order valence-corrected chi connectivity index (χ4v) is 4.29. The number of sulfonamides is 1. The van der Waals surface area contributed by atoms with E-state index in [1.807, 2.05) is 0 Å². The van der Waals surface area contributed by atoms with Gasteiger partial charge in [-0.2, -0.15) is 0 Å². The number of nitro benzene ring substituents is 1. The van der Waals surface area contributed by atoms with Crippen molar-refractivity contribution in [2.24, 2.45) is 11.8 Å². The van der Waals surface area contributed by atoms with Crippen molar-refractivity contribution in [3.05, 3.63) is 46.5 Å². The minimum atomic E-state index is -4.20. The molecular weight excluding hydrogens is 480 g/mol. The van der Waals surface area contributed by atoms with Gasteiger partial charge in [0, 0.05) is 12.1 Å². The van der Waals surface area contributed by atoms with Crippen LogP contribution in [0.2, 0.25) is 0 Å². The molecule has 35 heavy (non-hydrogen) atoms. The van der Waals surface area contributed by atoms with Gasteiger partial charge in [0.25, 0.3) is 5.69 Å². The number of nitrogens with zero attached hydrogens (tertiary/aromatic N) is 1. The van der Waals surface area contributed by atoms with E-state index in [9.17, 15) is 32.9 Å². The highest BCUT2D eigenvalue weighted by atomic mass is 32.2. The van der Waals surface area contributed by atoms with Crippen LogP contribution in [0.4, 0.5) is 5.69 Å². The minimum absolute atomic E-state index is 0.223. The van der Waals surface area contributed by atoms with E-state index in [0.29, 0.717) is 0 Å². The van der Waals surface area contributed by atoms with Gasteiger partial charge in [-0.25, -0.2) is 17.9 Å². The Labute approximate surface area is 204 Å². The van der Waals surface area contributed by atoms with Crippen molar-refractivity contribution in [3.8, 4) is 0 Å². The highest BCUT2D eigenvalue weighted by molar-refractivity contribution is 7.89. The number of nitro groups is 1. The number of nitrogens with one attached hydrogen (secondary N) is 3. The number of benzene rings is 1. The van der Waals surface area contributed by atoms with E-state index >= 15 is 0 Å². The summed E-state index contributed by atoms with van der Waals surface area (Å²) in [5.74, 6) is -2.62. The minimum Gasteiger partial charge on any atom is -0.467 e. The largest absolute Gasteiger partial charge is 0.467 e. The average Bonchev–Trinajstić information content (AvgIpc) is 2.79. The molecule has 0 unspecified atom stereocenters. The second-order valence-electron chi connectivity index (χ2n) is 8.29. The Balaban J connectivity index is 2.76. The zero-order valence-electron chi connectivity index (χ0n) is 20.5. The number of ether oxygens (including phenoxy) is 1. The predicted molar refractivity (Wildman–Crippen MR) is 128 cm³/mol. The van der Waals surface area contributed by atoms with Crippen LogP contribution in [-0.4, -0.2) is 56.4 Å². The number of hydrogen-bond acceptors (Lipinski definition) is 8. The van der Waals surface area contributed by atoms with Gasteiger partial charge in [-0.1, -0.05) is 45.1 Å². The van der Waals surface area contributed by atoms with Gasteiger partial charge < -0.3 is 15.4 Å². The van der Waals surface area contributed by atoms with E-state index in [-0.39, 0.29) is 5.92 Å². The number of rotatable bonds is 12. The summed E-state index contributed by atoms with van der Waals surface area (Å²) < 4.78 is 32.1. The number of carbonyl (C=O) groups excluding carboxylic acids is 3. The lowest BCUT2D eigenvalue weighted by Crippen LogP contribution is -2.52. The van der Waals surface area contributed by atoms with Gasteiger partial charge in [0.15, 0.2) is 4.90 Å². The molecular formula is C22H32N4O8S. The van der Waals surface area contributed by atoms with Gasteiger partial charge in [-0.15, -0.1) is 0 Å². The molecule has 0 aliphatic rings. The normalized spacial score (nSPS) is 15.2.